The van der Waals surface area contributed by atoms with E-state index < -0.39 is 17.6 Å². The minimum absolute atomic E-state index is 0.0340. The van der Waals surface area contributed by atoms with Crippen LogP contribution in [-0.4, -0.2) is 106 Å². The third-order valence-electron chi connectivity index (χ3n) is 8.40. The van der Waals surface area contributed by atoms with Crippen molar-refractivity contribution in [1.82, 2.24) is 20.3 Å². The summed E-state index contributed by atoms with van der Waals surface area (Å²) in [5.41, 5.74) is 2.13. The predicted molar refractivity (Wildman–Crippen MR) is 214 cm³/mol. The highest BCUT2D eigenvalue weighted by Gasteiger charge is 2.24. The van der Waals surface area contributed by atoms with Gasteiger partial charge in [0.1, 0.15) is 29.4 Å². The highest BCUT2D eigenvalue weighted by Crippen LogP contribution is 2.38. The predicted octanol–water partition coefficient (Wildman–Crippen LogP) is 7.05. The van der Waals surface area contributed by atoms with Gasteiger partial charge in [-0.3, -0.25) is 4.79 Å². The summed E-state index contributed by atoms with van der Waals surface area (Å²) in [6.07, 6.45) is 2.32. The van der Waals surface area contributed by atoms with Gasteiger partial charge in [0.15, 0.2) is 17.2 Å². The van der Waals surface area contributed by atoms with Crippen molar-refractivity contribution in [2.24, 2.45) is 0 Å². The molecule has 312 valence electrons. The molecule has 0 radical (unpaired) electrons. The number of methoxy groups -OCH3 is 2. The minimum atomic E-state index is -0.540. The fraction of sp³-hybridized carbons (Fsp3) is 0.610. The number of carbonyl (C=O) groups is 2. The van der Waals surface area contributed by atoms with E-state index in [-0.39, 0.29) is 23.8 Å². The molecule has 0 fully saturated rings. The molecule has 0 aliphatic carbocycles. The Labute approximate surface area is 332 Å². The van der Waals surface area contributed by atoms with Crippen LogP contribution in [0.1, 0.15) is 96.4 Å². The van der Waals surface area contributed by atoms with Crippen LogP contribution in [0.3, 0.4) is 0 Å². The van der Waals surface area contributed by atoms with Gasteiger partial charge in [-0.25, -0.2) is 9.48 Å². The van der Waals surface area contributed by atoms with E-state index >= 15 is 0 Å². The van der Waals surface area contributed by atoms with E-state index in [4.69, 9.17) is 37.9 Å². The third kappa shape index (κ3) is 14.5. The first kappa shape index (κ1) is 45.8. The Morgan fingerprint density at radius 3 is 2.04 bits per heavy atom. The molecule has 0 aliphatic heterocycles. The first-order valence-electron chi connectivity index (χ1n) is 19.3. The quantitative estimate of drug-likeness (QED) is 0.0944. The second-order valence-corrected chi connectivity index (χ2v) is 15.1. The molecule has 2 amide bonds. The van der Waals surface area contributed by atoms with E-state index in [0.717, 1.165) is 24.8 Å². The molecular weight excluding hydrogens is 722 g/mol. The SMILES string of the molecule is CCC[C@H](CC)Oc1ccc(C(C)(C)C)cc1NC(=O)c1nnn(-c2cc(OC)c(OCCOCCOCCOCCNC(=O)OC(C)(C)C)cc2OC)c1C. The molecule has 15 heteroatoms. The Balaban J connectivity index is 1.56. The number of nitrogens with zero attached hydrogens (tertiary/aromatic N) is 3. The van der Waals surface area contributed by atoms with Crippen LogP contribution in [0.15, 0.2) is 30.3 Å². The lowest BCUT2D eigenvalue weighted by molar-refractivity contribution is 0.00892. The molecule has 1 aromatic heterocycles. The van der Waals surface area contributed by atoms with Crippen molar-refractivity contribution in [3.8, 4) is 28.7 Å². The molecular formula is C41H63N5O10. The van der Waals surface area contributed by atoms with Gasteiger partial charge in [-0.15, -0.1) is 5.10 Å². The zero-order valence-electron chi connectivity index (χ0n) is 35.2. The van der Waals surface area contributed by atoms with E-state index in [1.165, 1.54) is 18.9 Å². The van der Waals surface area contributed by atoms with Crippen molar-refractivity contribution in [2.45, 2.75) is 98.7 Å². The topological polar surface area (TPSA) is 163 Å². The molecule has 56 heavy (non-hydrogen) atoms. The molecule has 3 aromatic rings. The molecule has 0 spiro atoms. The van der Waals surface area contributed by atoms with Crippen LogP contribution < -0.4 is 29.6 Å². The molecule has 0 bridgehead atoms. The second-order valence-electron chi connectivity index (χ2n) is 15.1. The van der Waals surface area contributed by atoms with Crippen molar-refractivity contribution >= 4 is 17.7 Å². The van der Waals surface area contributed by atoms with Crippen LogP contribution in [0, 0.1) is 6.92 Å². The summed E-state index contributed by atoms with van der Waals surface area (Å²) in [7, 11) is 3.07. The van der Waals surface area contributed by atoms with Gasteiger partial charge in [0.05, 0.1) is 71.3 Å². The lowest BCUT2D eigenvalue weighted by Gasteiger charge is -2.24. The van der Waals surface area contributed by atoms with Crippen LogP contribution in [0.4, 0.5) is 10.5 Å². The molecule has 0 unspecified atom stereocenters. The number of aromatic nitrogens is 3. The van der Waals surface area contributed by atoms with Crippen molar-refractivity contribution < 1.29 is 47.5 Å². The minimum Gasteiger partial charge on any atom is -0.494 e. The number of benzene rings is 2. The number of rotatable bonds is 23. The smallest absolute Gasteiger partial charge is 0.407 e. The summed E-state index contributed by atoms with van der Waals surface area (Å²) < 4.78 is 47.0. The number of alkyl carbamates (subject to hydrolysis) is 1. The molecule has 1 heterocycles. The van der Waals surface area contributed by atoms with Crippen molar-refractivity contribution in [3.63, 3.8) is 0 Å². The van der Waals surface area contributed by atoms with Crippen molar-refractivity contribution in [3.05, 3.63) is 47.3 Å². The summed E-state index contributed by atoms with van der Waals surface area (Å²) >= 11 is 0. The van der Waals surface area contributed by atoms with E-state index in [2.05, 4.69) is 55.6 Å². The zero-order valence-corrected chi connectivity index (χ0v) is 35.2. The first-order chi connectivity index (χ1) is 26.6. The molecule has 2 aromatic carbocycles. The highest BCUT2D eigenvalue weighted by atomic mass is 16.6. The number of carbonyl (C=O) groups excluding carboxylic acids is 2. The Bertz CT molecular complexity index is 1680. The van der Waals surface area contributed by atoms with Gasteiger partial charge in [-0.2, -0.15) is 0 Å². The highest BCUT2D eigenvalue weighted by molar-refractivity contribution is 6.04. The summed E-state index contributed by atoms with van der Waals surface area (Å²) in [5.74, 6) is 1.52. The Kier molecular flexibility index (Phi) is 18.2. The average Bonchev–Trinajstić information content (AvgIpc) is 3.53. The van der Waals surface area contributed by atoms with Crippen molar-refractivity contribution in [2.75, 3.05) is 72.3 Å². The van der Waals surface area contributed by atoms with Crippen LogP contribution in [0.2, 0.25) is 0 Å². The monoisotopic (exact) mass is 785 g/mol. The van der Waals surface area contributed by atoms with Gasteiger partial charge in [-0.1, -0.05) is 52.3 Å². The Morgan fingerprint density at radius 1 is 0.804 bits per heavy atom. The number of ether oxygens (including phenoxy) is 8. The number of nitrogens with one attached hydrogen (secondary N) is 2. The van der Waals surface area contributed by atoms with Gasteiger partial charge in [-0.05, 0) is 63.6 Å². The molecule has 2 N–H and O–H groups in total. The lowest BCUT2D eigenvalue weighted by atomic mass is 9.87. The normalized spacial score (nSPS) is 12.2. The van der Waals surface area contributed by atoms with E-state index in [1.807, 2.05) is 39.0 Å². The fourth-order valence-electron chi connectivity index (χ4n) is 5.42. The fourth-order valence-corrected chi connectivity index (χ4v) is 5.42. The molecule has 1 atom stereocenters. The first-order valence-corrected chi connectivity index (χ1v) is 19.3. The van der Waals surface area contributed by atoms with Crippen LogP contribution in [0.5, 0.6) is 23.0 Å². The van der Waals surface area contributed by atoms with Gasteiger partial charge in [0, 0.05) is 18.7 Å². The van der Waals surface area contributed by atoms with Crippen LogP contribution in [0.25, 0.3) is 5.69 Å². The summed E-state index contributed by atoms with van der Waals surface area (Å²) in [5, 5.41) is 14.3. The number of anilines is 1. The largest absolute Gasteiger partial charge is 0.494 e. The molecule has 3 rings (SSSR count). The molecule has 0 aliphatic rings. The summed E-state index contributed by atoms with van der Waals surface area (Å²) in [6.45, 7) is 20.6. The second kappa shape index (κ2) is 22.2. The maximum absolute atomic E-state index is 13.8. The maximum atomic E-state index is 13.8. The molecule has 0 saturated heterocycles. The van der Waals surface area contributed by atoms with E-state index in [0.29, 0.717) is 86.3 Å². The third-order valence-corrected chi connectivity index (χ3v) is 8.40. The van der Waals surface area contributed by atoms with Gasteiger partial charge in [0.2, 0.25) is 0 Å². The Hall–Kier alpha value is -4.60. The summed E-state index contributed by atoms with van der Waals surface area (Å²) in [6, 6.07) is 9.35. The van der Waals surface area contributed by atoms with Gasteiger partial charge in [0.25, 0.3) is 5.91 Å². The van der Waals surface area contributed by atoms with Crippen molar-refractivity contribution in [1.29, 1.82) is 0 Å². The number of hydrogen-bond acceptors (Lipinski definition) is 12. The molecule has 15 nitrogen and oxygen atoms in total. The number of amides is 2. The van der Waals surface area contributed by atoms with E-state index in [1.54, 1.807) is 19.1 Å². The average molecular weight is 786 g/mol. The van der Waals surface area contributed by atoms with Gasteiger partial charge >= 0.3 is 6.09 Å². The van der Waals surface area contributed by atoms with Crippen LogP contribution >= 0.6 is 0 Å². The zero-order chi connectivity index (χ0) is 41.3. The Morgan fingerprint density at radius 2 is 1.45 bits per heavy atom. The maximum Gasteiger partial charge on any atom is 0.407 e. The number of hydrogen-bond donors (Lipinski definition) is 2. The van der Waals surface area contributed by atoms with Gasteiger partial charge < -0.3 is 48.5 Å². The lowest BCUT2D eigenvalue weighted by Crippen LogP contribution is -2.34. The van der Waals surface area contributed by atoms with Crippen LogP contribution in [-0.2, 0) is 24.4 Å². The standard InChI is InChI=1S/C41H63N5O10/c1-12-14-30(13-2)55-33-16-15-29(40(4,5)6)25-31(33)43-38(47)37-28(3)46(45-44-37)32-26-35(50-11)36(27-34(32)49-10)54-24-23-53-22-21-52-20-19-51-18-17-42-39(48)56-41(7,8)9/h15-16,25-27,30H,12-14,17-24H2,1-11H3,(H,42,48)(H,43,47)/t30-/m0/s1. The summed E-state index contributed by atoms with van der Waals surface area (Å²) in [4.78, 5) is 25.4. The molecule has 0 saturated carbocycles. The van der Waals surface area contributed by atoms with E-state index in [9.17, 15) is 9.59 Å².